The average molecular weight is 295 g/mol. The minimum atomic E-state index is 0. The van der Waals surface area contributed by atoms with Gasteiger partial charge in [-0.15, -0.1) is 24.8 Å². The molecule has 19 heavy (non-hydrogen) atoms. The maximum Gasteiger partial charge on any atom is 0.163 e. The van der Waals surface area contributed by atoms with Gasteiger partial charge in [0.1, 0.15) is 5.82 Å². The van der Waals surface area contributed by atoms with Gasteiger partial charge >= 0.3 is 0 Å². The number of nitrogens with zero attached hydrogens (tertiary/aromatic N) is 3. The zero-order valence-electron chi connectivity index (χ0n) is 9.85. The smallest absolute Gasteiger partial charge is 0.163 e. The summed E-state index contributed by atoms with van der Waals surface area (Å²) in [6.45, 7) is 0. The summed E-state index contributed by atoms with van der Waals surface area (Å²) in [7, 11) is 0. The van der Waals surface area contributed by atoms with E-state index < -0.39 is 0 Å². The van der Waals surface area contributed by atoms with E-state index in [9.17, 15) is 0 Å². The topological polar surface area (TPSA) is 64.7 Å². The molecule has 0 bridgehead atoms. The third-order valence-corrected chi connectivity index (χ3v) is 2.55. The SMILES string of the molecule is Cl.Cl.Nc1nc(-c2cccnc2)nc2ccccc12. The maximum atomic E-state index is 5.92. The van der Waals surface area contributed by atoms with Crippen LogP contribution in [0.3, 0.4) is 0 Å². The van der Waals surface area contributed by atoms with E-state index >= 15 is 0 Å². The number of hydrogen-bond acceptors (Lipinski definition) is 4. The lowest BCUT2D eigenvalue weighted by molar-refractivity contribution is 1.21. The molecule has 0 radical (unpaired) electrons. The van der Waals surface area contributed by atoms with Crippen molar-refractivity contribution in [3.8, 4) is 11.4 Å². The first-order chi connectivity index (χ1) is 8.34. The fraction of sp³-hybridized carbons (Fsp3) is 0. The fourth-order valence-electron chi connectivity index (χ4n) is 1.73. The molecule has 3 rings (SSSR count). The molecule has 3 aromatic rings. The number of nitrogen functional groups attached to an aromatic ring is 1. The van der Waals surface area contributed by atoms with Gasteiger partial charge in [-0.25, -0.2) is 9.97 Å². The molecule has 0 fully saturated rings. The van der Waals surface area contributed by atoms with Crippen molar-refractivity contribution in [2.24, 2.45) is 0 Å². The van der Waals surface area contributed by atoms with E-state index in [0.717, 1.165) is 16.5 Å². The zero-order valence-corrected chi connectivity index (χ0v) is 11.5. The molecule has 4 nitrogen and oxygen atoms in total. The second-order valence-corrected chi connectivity index (χ2v) is 3.69. The highest BCUT2D eigenvalue weighted by molar-refractivity contribution is 5.89. The summed E-state index contributed by atoms with van der Waals surface area (Å²) in [5.41, 5.74) is 7.63. The molecule has 0 saturated heterocycles. The van der Waals surface area contributed by atoms with Crippen LogP contribution in [0.5, 0.6) is 0 Å². The van der Waals surface area contributed by atoms with Crippen LogP contribution in [0.2, 0.25) is 0 Å². The molecule has 0 aliphatic rings. The van der Waals surface area contributed by atoms with Gasteiger partial charge in [-0.1, -0.05) is 12.1 Å². The zero-order chi connectivity index (χ0) is 11.7. The van der Waals surface area contributed by atoms with Crippen LogP contribution in [0.4, 0.5) is 5.82 Å². The van der Waals surface area contributed by atoms with Gasteiger partial charge in [0.2, 0.25) is 0 Å². The molecule has 0 atom stereocenters. The van der Waals surface area contributed by atoms with E-state index in [1.165, 1.54) is 0 Å². The molecule has 6 heteroatoms. The first-order valence-electron chi connectivity index (χ1n) is 5.27. The molecule has 0 unspecified atom stereocenters. The van der Waals surface area contributed by atoms with Gasteiger partial charge in [0.25, 0.3) is 0 Å². The van der Waals surface area contributed by atoms with E-state index in [0.29, 0.717) is 11.6 Å². The van der Waals surface area contributed by atoms with Crippen LogP contribution in [0.25, 0.3) is 22.3 Å². The fourth-order valence-corrected chi connectivity index (χ4v) is 1.73. The molecule has 2 N–H and O–H groups in total. The predicted molar refractivity (Wildman–Crippen MR) is 81.7 cm³/mol. The first-order valence-corrected chi connectivity index (χ1v) is 5.27. The number of halogens is 2. The van der Waals surface area contributed by atoms with Crippen molar-refractivity contribution in [3.05, 3.63) is 48.8 Å². The summed E-state index contributed by atoms with van der Waals surface area (Å²) in [5.74, 6) is 1.10. The Morgan fingerprint density at radius 3 is 2.42 bits per heavy atom. The third kappa shape index (κ3) is 2.92. The minimum absolute atomic E-state index is 0. The molecule has 2 heterocycles. The predicted octanol–water partition coefficient (Wildman–Crippen LogP) is 3.12. The summed E-state index contributed by atoms with van der Waals surface area (Å²) in [6.07, 6.45) is 3.44. The number of rotatable bonds is 1. The molecule has 0 saturated carbocycles. The Morgan fingerprint density at radius 1 is 0.895 bits per heavy atom. The summed E-state index contributed by atoms with van der Waals surface area (Å²) in [6, 6.07) is 11.5. The summed E-state index contributed by atoms with van der Waals surface area (Å²) in [5, 5.41) is 0.875. The Hall–Kier alpha value is -1.91. The molecule has 0 spiro atoms. The van der Waals surface area contributed by atoms with Gasteiger partial charge < -0.3 is 5.73 Å². The Bertz CT molecular complexity index is 674. The standard InChI is InChI=1S/C13H10N4.2ClH/c14-12-10-5-1-2-6-11(10)16-13(17-12)9-4-3-7-15-8-9;;/h1-8H,(H2,14,16,17);2*1H. The van der Waals surface area contributed by atoms with Gasteiger partial charge in [0.05, 0.1) is 5.52 Å². The number of para-hydroxylation sites is 1. The monoisotopic (exact) mass is 294 g/mol. The van der Waals surface area contributed by atoms with E-state index in [1.54, 1.807) is 12.4 Å². The molecule has 1 aromatic carbocycles. The summed E-state index contributed by atoms with van der Waals surface area (Å²) < 4.78 is 0. The van der Waals surface area contributed by atoms with Crippen LogP contribution < -0.4 is 5.73 Å². The Balaban J connectivity index is 0.000000902. The highest BCUT2D eigenvalue weighted by atomic mass is 35.5. The van der Waals surface area contributed by atoms with Gasteiger partial charge in [-0.05, 0) is 24.3 Å². The van der Waals surface area contributed by atoms with Crippen LogP contribution in [0, 0.1) is 0 Å². The highest BCUT2D eigenvalue weighted by Crippen LogP contribution is 2.21. The molecular weight excluding hydrogens is 283 g/mol. The lowest BCUT2D eigenvalue weighted by Crippen LogP contribution is -1.97. The Morgan fingerprint density at radius 2 is 1.68 bits per heavy atom. The average Bonchev–Trinajstić information content (AvgIpc) is 2.40. The van der Waals surface area contributed by atoms with E-state index in [2.05, 4.69) is 15.0 Å². The molecule has 0 amide bonds. The second kappa shape index (κ2) is 6.31. The highest BCUT2D eigenvalue weighted by Gasteiger charge is 2.06. The summed E-state index contributed by atoms with van der Waals surface area (Å²) in [4.78, 5) is 12.8. The first kappa shape index (κ1) is 15.1. The van der Waals surface area contributed by atoms with E-state index in [-0.39, 0.29) is 24.8 Å². The van der Waals surface area contributed by atoms with Crippen LogP contribution in [0.15, 0.2) is 48.8 Å². The van der Waals surface area contributed by atoms with Crippen molar-refractivity contribution in [1.29, 1.82) is 0 Å². The minimum Gasteiger partial charge on any atom is -0.383 e. The number of pyridine rings is 1. The van der Waals surface area contributed by atoms with Gasteiger partial charge in [-0.3, -0.25) is 4.98 Å². The molecule has 2 aromatic heterocycles. The van der Waals surface area contributed by atoms with Crippen molar-refractivity contribution in [2.75, 3.05) is 5.73 Å². The van der Waals surface area contributed by atoms with E-state index in [4.69, 9.17) is 5.73 Å². The number of benzene rings is 1. The Labute approximate surface area is 122 Å². The lowest BCUT2D eigenvalue weighted by atomic mass is 10.2. The molecule has 0 aliphatic carbocycles. The maximum absolute atomic E-state index is 5.92. The van der Waals surface area contributed by atoms with Crippen LogP contribution in [-0.4, -0.2) is 15.0 Å². The lowest BCUT2D eigenvalue weighted by Gasteiger charge is -2.04. The van der Waals surface area contributed by atoms with Crippen LogP contribution in [-0.2, 0) is 0 Å². The molecular formula is C13H12Cl2N4. The normalized spacial score (nSPS) is 9.47. The largest absolute Gasteiger partial charge is 0.383 e. The summed E-state index contributed by atoms with van der Waals surface area (Å²) >= 11 is 0. The van der Waals surface area contributed by atoms with Crippen molar-refractivity contribution in [3.63, 3.8) is 0 Å². The number of anilines is 1. The second-order valence-electron chi connectivity index (χ2n) is 3.69. The van der Waals surface area contributed by atoms with Crippen molar-refractivity contribution in [1.82, 2.24) is 15.0 Å². The number of hydrogen-bond donors (Lipinski definition) is 1. The van der Waals surface area contributed by atoms with Gasteiger partial charge in [0, 0.05) is 23.3 Å². The number of fused-ring (bicyclic) bond motifs is 1. The van der Waals surface area contributed by atoms with Gasteiger partial charge in [0.15, 0.2) is 5.82 Å². The van der Waals surface area contributed by atoms with Crippen molar-refractivity contribution in [2.45, 2.75) is 0 Å². The van der Waals surface area contributed by atoms with Crippen molar-refractivity contribution < 1.29 is 0 Å². The molecule has 98 valence electrons. The quantitative estimate of drug-likeness (QED) is 0.749. The van der Waals surface area contributed by atoms with Crippen molar-refractivity contribution >= 4 is 41.5 Å². The van der Waals surface area contributed by atoms with E-state index in [1.807, 2.05) is 36.4 Å². The van der Waals surface area contributed by atoms with Crippen LogP contribution >= 0.6 is 24.8 Å². The Kier molecular flexibility index (Phi) is 5.03. The number of aromatic nitrogens is 3. The van der Waals surface area contributed by atoms with Crippen LogP contribution in [0.1, 0.15) is 0 Å². The number of nitrogens with two attached hydrogens (primary N) is 1. The van der Waals surface area contributed by atoms with Gasteiger partial charge in [-0.2, -0.15) is 0 Å². The molecule has 0 aliphatic heterocycles. The third-order valence-electron chi connectivity index (χ3n) is 2.55.